The number of amides is 1. The molecule has 0 radical (unpaired) electrons. The number of anilines is 1. The molecule has 1 unspecified atom stereocenters. The Bertz CT molecular complexity index is 1180. The summed E-state index contributed by atoms with van der Waals surface area (Å²) in [5.74, 6) is 0.506. The van der Waals surface area contributed by atoms with E-state index in [-0.39, 0.29) is 23.9 Å². The Morgan fingerprint density at radius 1 is 1.36 bits per heavy atom. The number of carbonyl (C=O) groups is 1. The van der Waals surface area contributed by atoms with E-state index in [9.17, 15) is 15.2 Å². The van der Waals surface area contributed by atoms with Crippen molar-refractivity contribution >= 4 is 11.7 Å². The summed E-state index contributed by atoms with van der Waals surface area (Å²) in [5, 5.41) is 23.7. The van der Waals surface area contributed by atoms with Gasteiger partial charge in [0.1, 0.15) is 23.9 Å². The molecule has 0 aliphatic carbocycles. The molecule has 3 aliphatic heterocycles. The minimum Gasteiger partial charge on any atom is -0.462 e. The smallest absolute Gasteiger partial charge is 0.319 e. The Balaban J connectivity index is 1.44. The fourth-order valence-corrected chi connectivity index (χ4v) is 5.53. The number of nitriles is 1. The molecule has 5 heterocycles. The molecular weight excluding hydrogens is 460 g/mol. The molecule has 11 heteroatoms. The number of rotatable bonds is 8. The van der Waals surface area contributed by atoms with Gasteiger partial charge in [-0.2, -0.15) is 20.3 Å². The van der Waals surface area contributed by atoms with E-state index < -0.39 is 0 Å². The number of carbonyl (C=O) groups excluding carboxylic acids is 1. The predicted molar refractivity (Wildman–Crippen MR) is 132 cm³/mol. The van der Waals surface area contributed by atoms with Gasteiger partial charge in [0.2, 0.25) is 5.91 Å². The van der Waals surface area contributed by atoms with Gasteiger partial charge in [0.25, 0.3) is 0 Å². The topological polar surface area (TPSA) is 124 Å². The zero-order valence-corrected chi connectivity index (χ0v) is 20.6. The first-order valence-corrected chi connectivity index (χ1v) is 12.4. The van der Waals surface area contributed by atoms with E-state index in [4.69, 9.17) is 9.72 Å². The summed E-state index contributed by atoms with van der Waals surface area (Å²) < 4.78 is 7.72. The molecule has 3 fully saturated rings. The van der Waals surface area contributed by atoms with Crippen LogP contribution in [0.1, 0.15) is 24.8 Å². The summed E-state index contributed by atoms with van der Waals surface area (Å²) in [6, 6.07) is 2.87. The van der Waals surface area contributed by atoms with Crippen LogP contribution in [0.15, 0.2) is 25.0 Å². The summed E-state index contributed by atoms with van der Waals surface area (Å²) in [5.41, 5.74) is 1.52. The monoisotopic (exact) mass is 492 g/mol. The molecule has 1 N–H and O–H groups in total. The maximum atomic E-state index is 12.0. The van der Waals surface area contributed by atoms with E-state index >= 15 is 0 Å². The van der Waals surface area contributed by atoms with Gasteiger partial charge in [0.15, 0.2) is 5.82 Å². The van der Waals surface area contributed by atoms with E-state index in [1.165, 1.54) is 6.08 Å². The van der Waals surface area contributed by atoms with Gasteiger partial charge in [0, 0.05) is 49.4 Å². The van der Waals surface area contributed by atoms with Gasteiger partial charge >= 0.3 is 6.01 Å². The van der Waals surface area contributed by atoms with E-state index in [0.717, 1.165) is 32.4 Å². The highest BCUT2D eigenvalue weighted by molar-refractivity contribution is 5.87. The summed E-state index contributed by atoms with van der Waals surface area (Å²) >= 11 is 0. The quantitative estimate of drug-likeness (QED) is 0.535. The lowest BCUT2D eigenvalue weighted by atomic mass is 9.79. The number of hydrogen-bond acceptors (Lipinski definition) is 9. The largest absolute Gasteiger partial charge is 0.462 e. The highest BCUT2D eigenvalue weighted by Gasteiger charge is 2.49. The van der Waals surface area contributed by atoms with E-state index in [2.05, 4.69) is 39.6 Å². The van der Waals surface area contributed by atoms with Crippen LogP contribution < -0.4 is 9.64 Å². The van der Waals surface area contributed by atoms with Crippen molar-refractivity contribution in [2.45, 2.75) is 31.8 Å². The average Bonchev–Trinajstić information content (AvgIpc) is 3.61. The van der Waals surface area contributed by atoms with Gasteiger partial charge < -0.3 is 24.5 Å². The molecule has 3 saturated heterocycles. The van der Waals surface area contributed by atoms with Crippen LogP contribution in [0.4, 0.5) is 5.82 Å². The zero-order chi connectivity index (χ0) is 25.3. The van der Waals surface area contributed by atoms with Crippen molar-refractivity contribution < 1.29 is 14.6 Å². The van der Waals surface area contributed by atoms with Crippen LogP contribution in [-0.4, -0.2) is 99.6 Å². The van der Waals surface area contributed by atoms with Crippen molar-refractivity contribution in [1.29, 1.82) is 5.26 Å². The Morgan fingerprint density at radius 2 is 2.19 bits per heavy atom. The summed E-state index contributed by atoms with van der Waals surface area (Å²) in [6.07, 6.45) is 7.89. The first-order chi connectivity index (χ1) is 17.4. The molecule has 1 atom stereocenters. The lowest BCUT2D eigenvalue weighted by molar-refractivity contribution is -0.136. The highest BCUT2D eigenvalue weighted by Crippen LogP contribution is 2.42. The number of nitrogens with zero attached hydrogens (tertiary/aromatic N) is 8. The van der Waals surface area contributed by atoms with Crippen molar-refractivity contribution in [3.63, 3.8) is 0 Å². The molecule has 0 aromatic carbocycles. The Labute approximate surface area is 210 Å². The maximum absolute atomic E-state index is 12.0. The van der Waals surface area contributed by atoms with Crippen molar-refractivity contribution in [3.8, 4) is 23.3 Å². The number of hydrogen-bond donors (Lipinski definition) is 1. The molecule has 3 aliphatic rings. The van der Waals surface area contributed by atoms with Crippen molar-refractivity contribution in [1.82, 2.24) is 29.5 Å². The number of aromatic nitrogens is 4. The molecule has 190 valence electrons. The second kappa shape index (κ2) is 9.87. The van der Waals surface area contributed by atoms with Gasteiger partial charge in [0.05, 0.1) is 19.3 Å². The molecule has 0 saturated carbocycles. The summed E-state index contributed by atoms with van der Waals surface area (Å²) in [4.78, 5) is 27.5. The SMILES string of the molecule is C=CC(=O)N1CC2(CCN(c3nc(OCC4CCCN4C)nc(-c4cnn(CCO)c4)c3C#N)C2)C1. The van der Waals surface area contributed by atoms with Crippen molar-refractivity contribution in [2.24, 2.45) is 5.41 Å². The van der Waals surface area contributed by atoms with Gasteiger partial charge in [-0.1, -0.05) is 6.58 Å². The van der Waals surface area contributed by atoms with Gasteiger partial charge in [-0.25, -0.2) is 0 Å². The molecule has 0 bridgehead atoms. The minimum atomic E-state index is -0.0476. The number of aliphatic hydroxyl groups excluding tert-OH is 1. The predicted octanol–water partition coefficient (Wildman–Crippen LogP) is 0.902. The number of ether oxygens (including phenoxy) is 1. The Kier molecular flexibility index (Phi) is 6.64. The Hall–Kier alpha value is -3.49. The maximum Gasteiger partial charge on any atom is 0.319 e. The van der Waals surface area contributed by atoms with Crippen LogP contribution in [0.25, 0.3) is 11.3 Å². The van der Waals surface area contributed by atoms with E-state index in [0.29, 0.717) is 61.5 Å². The standard InChI is InChI=1S/C25H32N8O3/c1-3-21(35)32-16-25(17-32)6-8-31(15-25)23-20(11-26)22(18-12-27-33(13-18)9-10-34)28-24(29-23)36-14-19-5-4-7-30(19)2/h3,12-13,19,34H,1,4-10,14-17H2,2H3. The second-order valence-electron chi connectivity index (χ2n) is 10.0. The highest BCUT2D eigenvalue weighted by atomic mass is 16.5. The third-order valence-electron chi connectivity index (χ3n) is 7.57. The number of aliphatic hydroxyl groups is 1. The third kappa shape index (κ3) is 4.54. The molecule has 2 aromatic rings. The van der Waals surface area contributed by atoms with Crippen molar-refractivity contribution in [3.05, 3.63) is 30.6 Å². The van der Waals surface area contributed by atoms with Crippen LogP contribution in [0, 0.1) is 16.7 Å². The first kappa shape index (κ1) is 24.2. The summed E-state index contributed by atoms with van der Waals surface area (Å²) in [6.45, 7) is 8.22. The average molecular weight is 493 g/mol. The first-order valence-electron chi connectivity index (χ1n) is 12.4. The normalized spacial score (nSPS) is 21.0. The lowest BCUT2D eigenvalue weighted by Gasteiger charge is -2.47. The van der Waals surface area contributed by atoms with Crippen LogP contribution in [0.3, 0.4) is 0 Å². The Morgan fingerprint density at radius 3 is 2.89 bits per heavy atom. The van der Waals surface area contributed by atoms with Crippen LogP contribution in [0.5, 0.6) is 6.01 Å². The van der Waals surface area contributed by atoms with E-state index in [1.807, 2.05) is 0 Å². The van der Waals surface area contributed by atoms with Crippen LogP contribution in [0.2, 0.25) is 0 Å². The van der Waals surface area contributed by atoms with Crippen LogP contribution in [-0.2, 0) is 11.3 Å². The fraction of sp³-hybridized carbons (Fsp3) is 0.560. The van der Waals surface area contributed by atoms with Crippen molar-refractivity contribution in [2.75, 3.05) is 57.9 Å². The summed E-state index contributed by atoms with van der Waals surface area (Å²) in [7, 11) is 2.09. The minimum absolute atomic E-state index is 0.00387. The molecule has 1 spiro atoms. The molecule has 36 heavy (non-hydrogen) atoms. The number of likely N-dealkylation sites (tertiary alicyclic amines) is 2. The van der Waals surface area contributed by atoms with Gasteiger partial charge in [-0.05, 0) is 38.9 Å². The second-order valence-corrected chi connectivity index (χ2v) is 10.0. The molecular formula is C25H32N8O3. The molecule has 1 amide bonds. The van der Waals surface area contributed by atoms with E-state index in [1.54, 1.807) is 22.0 Å². The molecule has 5 rings (SSSR count). The third-order valence-corrected chi connectivity index (χ3v) is 7.57. The van der Waals surface area contributed by atoms with Gasteiger partial charge in [-0.3, -0.25) is 9.48 Å². The zero-order valence-electron chi connectivity index (χ0n) is 20.6. The lowest BCUT2D eigenvalue weighted by Crippen LogP contribution is -2.59. The van der Waals surface area contributed by atoms with Crippen LogP contribution >= 0.6 is 0 Å². The molecule has 2 aromatic heterocycles. The molecule has 11 nitrogen and oxygen atoms in total. The number of likely N-dealkylation sites (N-methyl/N-ethyl adjacent to an activating group) is 1. The van der Waals surface area contributed by atoms with Gasteiger partial charge in [-0.15, -0.1) is 0 Å². The fourth-order valence-electron chi connectivity index (χ4n) is 5.53.